The largest absolute Gasteiger partial charge is 0.158 e. The van der Waals surface area contributed by atoms with Crippen LogP contribution in [-0.4, -0.2) is 11.9 Å². The van der Waals surface area contributed by atoms with Crippen molar-refractivity contribution in [3.63, 3.8) is 0 Å². The molecule has 2 heteroatoms. The van der Waals surface area contributed by atoms with Crippen LogP contribution >= 0.6 is 0 Å². The molecule has 0 fully saturated rings. The van der Waals surface area contributed by atoms with Crippen LogP contribution in [0.3, 0.4) is 0 Å². The fourth-order valence-corrected chi connectivity index (χ4v) is 3.30. The molecular formula is C23H20N2. The molecule has 0 atom stereocenters. The van der Waals surface area contributed by atoms with Crippen molar-refractivity contribution in [3.05, 3.63) is 107 Å². The highest BCUT2D eigenvalue weighted by molar-refractivity contribution is 6.12. The summed E-state index contributed by atoms with van der Waals surface area (Å²) in [6.07, 6.45) is 5.50. The molecule has 3 aromatic rings. The standard InChI is InChI=1S/C23H20N2/c1-3-8-20(9-4-1)23(21-10-5-2-6-11-21)25-24-17-18-14-15-19-12-7-13-22(19)16-18/h1-6,8-11,14-17H,7,12-13H2. The van der Waals surface area contributed by atoms with Crippen molar-refractivity contribution in [2.24, 2.45) is 10.2 Å². The Balaban J connectivity index is 1.65. The summed E-state index contributed by atoms with van der Waals surface area (Å²) in [6, 6.07) is 27.0. The van der Waals surface area contributed by atoms with E-state index in [2.05, 4.69) is 52.7 Å². The van der Waals surface area contributed by atoms with Gasteiger partial charge in [0, 0.05) is 11.1 Å². The number of aryl methyl sites for hydroxylation is 2. The monoisotopic (exact) mass is 324 g/mol. The topological polar surface area (TPSA) is 24.7 Å². The van der Waals surface area contributed by atoms with E-state index in [1.54, 1.807) is 0 Å². The second-order valence-electron chi connectivity index (χ2n) is 6.31. The molecule has 0 heterocycles. The van der Waals surface area contributed by atoms with Gasteiger partial charge >= 0.3 is 0 Å². The summed E-state index contributed by atoms with van der Waals surface area (Å²) >= 11 is 0. The predicted molar refractivity (Wildman–Crippen MR) is 105 cm³/mol. The number of benzene rings is 3. The van der Waals surface area contributed by atoms with E-state index in [-0.39, 0.29) is 0 Å². The zero-order valence-electron chi connectivity index (χ0n) is 14.1. The third-order valence-electron chi connectivity index (χ3n) is 4.58. The van der Waals surface area contributed by atoms with Gasteiger partial charge in [-0.3, -0.25) is 0 Å². The zero-order valence-corrected chi connectivity index (χ0v) is 14.1. The first kappa shape index (κ1) is 15.5. The van der Waals surface area contributed by atoms with Gasteiger partial charge in [0.2, 0.25) is 0 Å². The molecule has 0 amide bonds. The van der Waals surface area contributed by atoms with Crippen LogP contribution in [0.25, 0.3) is 0 Å². The van der Waals surface area contributed by atoms with Crippen molar-refractivity contribution in [1.82, 2.24) is 0 Å². The van der Waals surface area contributed by atoms with Crippen molar-refractivity contribution in [2.75, 3.05) is 0 Å². The number of rotatable bonds is 4. The fraction of sp³-hybridized carbons (Fsp3) is 0.130. The minimum atomic E-state index is 0.888. The predicted octanol–water partition coefficient (Wildman–Crippen LogP) is 5.05. The maximum Gasteiger partial charge on any atom is 0.100 e. The van der Waals surface area contributed by atoms with Crippen LogP contribution in [-0.2, 0) is 12.8 Å². The molecule has 0 saturated carbocycles. The molecule has 0 N–H and O–H groups in total. The van der Waals surface area contributed by atoms with Crippen LogP contribution in [0.1, 0.15) is 34.2 Å². The van der Waals surface area contributed by atoms with Crippen LogP contribution in [0, 0.1) is 0 Å². The van der Waals surface area contributed by atoms with Crippen molar-refractivity contribution < 1.29 is 0 Å². The van der Waals surface area contributed by atoms with E-state index < -0.39 is 0 Å². The molecule has 1 aliphatic rings. The summed E-state index contributed by atoms with van der Waals surface area (Å²) in [7, 11) is 0. The highest BCUT2D eigenvalue weighted by atomic mass is 15.2. The molecule has 0 bridgehead atoms. The quantitative estimate of drug-likeness (QED) is 0.474. The van der Waals surface area contributed by atoms with Crippen LogP contribution in [0.15, 0.2) is 89.1 Å². The van der Waals surface area contributed by atoms with Gasteiger partial charge in [0.25, 0.3) is 0 Å². The maximum absolute atomic E-state index is 4.54. The lowest BCUT2D eigenvalue weighted by Crippen LogP contribution is -2.02. The van der Waals surface area contributed by atoms with E-state index in [9.17, 15) is 0 Å². The normalized spacial score (nSPS) is 13.0. The van der Waals surface area contributed by atoms with Crippen LogP contribution < -0.4 is 0 Å². The van der Waals surface area contributed by atoms with Gasteiger partial charge in [-0.2, -0.15) is 5.10 Å². The summed E-state index contributed by atoms with van der Waals surface area (Å²) in [5.74, 6) is 0. The minimum absolute atomic E-state index is 0.888. The Morgan fingerprint density at radius 3 is 2.04 bits per heavy atom. The molecule has 0 radical (unpaired) electrons. The zero-order chi connectivity index (χ0) is 16.9. The summed E-state index contributed by atoms with van der Waals surface area (Å²) in [5, 5.41) is 8.92. The average Bonchev–Trinajstić information content (AvgIpc) is 3.14. The summed E-state index contributed by atoms with van der Waals surface area (Å²) < 4.78 is 0. The number of hydrogen-bond donors (Lipinski definition) is 0. The Morgan fingerprint density at radius 1 is 0.720 bits per heavy atom. The molecule has 0 unspecified atom stereocenters. The van der Waals surface area contributed by atoms with E-state index in [0.29, 0.717) is 0 Å². The second-order valence-corrected chi connectivity index (χ2v) is 6.31. The number of nitrogens with zero attached hydrogens (tertiary/aromatic N) is 2. The third-order valence-corrected chi connectivity index (χ3v) is 4.58. The highest BCUT2D eigenvalue weighted by Crippen LogP contribution is 2.22. The van der Waals surface area contributed by atoms with Crippen LogP contribution in [0.4, 0.5) is 0 Å². The molecule has 4 rings (SSSR count). The van der Waals surface area contributed by atoms with Crippen LogP contribution in [0.2, 0.25) is 0 Å². The minimum Gasteiger partial charge on any atom is -0.158 e. The van der Waals surface area contributed by atoms with Crippen molar-refractivity contribution in [3.8, 4) is 0 Å². The van der Waals surface area contributed by atoms with Crippen LogP contribution in [0.5, 0.6) is 0 Å². The molecule has 0 saturated heterocycles. The van der Waals surface area contributed by atoms with Gasteiger partial charge in [0.1, 0.15) is 5.71 Å². The Labute approximate surface area is 148 Å². The Kier molecular flexibility index (Phi) is 4.51. The van der Waals surface area contributed by atoms with E-state index in [1.807, 2.05) is 42.6 Å². The highest BCUT2D eigenvalue weighted by Gasteiger charge is 2.10. The molecular weight excluding hydrogens is 304 g/mol. The lowest BCUT2D eigenvalue weighted by molar-refractivity contribution is 0.912. The molecule has 0 aliphatic heterocycles. The summed E-state index contributed by atoms with van der Waals surface area (Å²) in [5.41, 5.74) is 7.08. The Morgan fingerprint density at radius 2 is 1.36 bits per heavy atom. The van der Waals surface area contributed by atoms with Gasteiger partial charge in [0.15, 0.2) is 0 Å². The smallest absolute Gasteiger partial charge is 0.100 e. The molecule has 0 spiro atoms. The van der Waals surface area contributed by atoms with E-state index in [0.717, 1.165) is 22.4 Å². The van der Waals surface area contributed by atoms with Gasteiger partial charge in [-0.05, 0) is 42.0 Å². The van der Waals surface area contributed by atoms with Crippen molar-refractivity contribution in [1.29, 1.82) is 0 Å². The molecule has 3 aromatic carbocycles. The van der Waals surface area contributed by atoms with Gasteiger partial charge < -0.3 is 0 Å². The maximum atomic E-state index is 4.54. The van der Waals surface area contributed by atoms with Gasteiger partial charge in [-0.1, -0.05) is 72.8 Å². The van der Waals surface area contributed by atoms with E-state index in [4.69, 9.17) is 0 Å². The summed E-state index contributed by atoms with van der Waals surface area (Å²) in [4.78, 5) is 0. The van der Waals surface area contributed by atoms with Gasteiger partial charge in [0.05, 0.1) is 6.21 Å². The lowest BCUT2D eigenvalue weighted by atomic mass is 10.0. The number of fused-ring (bicyclic) bond motifs is 1. The molecule has 25 heavy (non-hydrogen) atoms. The van der Waals surface area contributed by atoms with E-state index in [1.165, 1.54) is 30.4 Å². The average molecular weight is 324 g/mol. The number of hydrogen-bond acceptors (Lipinski definition) is 2. The SMILES string of the molecule is C(=NN=C(c1ccccc1)c1ccccc1)c1ccc2c(c1)CCC2. The molecule has 2 nitrogen and oxygen atoms in total. The fourth-order valence-electron chi connectivity index (χ4n) is 3.30. The molecule has 0 aromatic heterocycles. The van der Waals surface area contributed by atoms with E-state index >= 15 is 0 Å². The van der Waals surface area contributed by atoms with Crippen molar-refractivity contribution >= 4 is 11.9 Å². The second kappa shape index (κ2) is 7.27. The molecule has 1 aliphatic carbocycles. The first-order valence-electron chi connectivity index (χ1n) is 8.74. The Hall–Kier alpha value is -3.00. The lowest BCUT2D eigenvalue weighted by Gasteiger charge is -2.05. The van der Waals surface area contributed by atoms with Gasteiger partial charge in [-0.25, -0.2) is 0 Å². The first-order chi connectivity index (χ1) is 12.4. The summed E-state index contributed by atoms with van der Waals surface area (Å²) in [6.45, 7) is 0. The van der Waals surface area contributed by atoms with Crippen molar-refractivity contribution in [2.45, 2.75) is 19.3 Å². The first-order valence-corrected chi connectivity index (χ1v) is 8.74. The molecule has 122 valence electrons. The third kappa shape index (κ3) is 3.58. The van der Waals surface area contributed by atoms with Gasteiger partial charge in [-0.15, -0.1) is 5.10 Å². The Bertz CT molecular complexity index is 868.